The summed E-state index contributed by atoms with van der Waals surface area (Å²) in [7, 11) is -3.18. The Morgan fingerprint density at radius 3 is 2.81 bits per heavy atom. The molecule has 0 saturated carbocycles. The Hall–Kier alpha value is -1.39. The van der Waals surface area contributed by atoms with Crippen molar-refractivity contribution in [1.82, 2.24) is 15.0 Å². The van der Waals surface area contributed by atoms with Crippen molar-refractivity contribution < 1.29 is 18.5 Å². The third-order valence-corrected chi connectivity index (χ3v) is 10.0. The van der Waals surface area contributed by atoms with Gasteiger partial charge in [-0.3, -0.25) is 19.2 Å². The first-order chi connectivity index (χ1) is 12.0. The first-order valence-corrected chi connectivity index (χ1v) is 10.9. The van der Waals surface area contributed by atoms with Crippen molar-refractivity contribution in [3.05, 3.63) is 28.2 Å². The van der Waals surface area contributed by atoms with Crippen LogP contribution in [0.3, 0.4) is 0 Å². The van der Waals surface area contributed by atoms with Crippen molar-refractivity contribution in [3.63, 3.8) is 0 Å². The molecule has 1 amide bonds. The van der Waals surface area contributed by atoms with Crippen LogP contribution in [-0.2, 0) is 15.7 Å². The van der Waals surface area contributed by atoms with Gasteiger partial charge in [0.2, 0.25) is 0 Å². The summed E-state index contributed by atoms with van der Waals surface area (Å²) in [6, 6.07) is 2.76. The Balaban J connectivity index is 2.30. The number of halogens is 2. The first-order valence-electron chi connectivity index (χ1n) is 8.30. The van der Waals surface area contributed by atoms with Gasteiger partial charge in [0.1, 0.15) is 27.5 Å². The molecule has 2 aliphatic rings. The largest absolute Gasteiger partial charge is 0.465 e. The number of nitrogens with zero attached hydrogens (tertiary/aromatic N) is 2. The quantitative estimate of drug-likeness (QED) is 0.390. The highest BCUT2D eigenvalue weighted by molar-refractivity contribution is 9.10. The molecule has 144 valence electrons. The zero-order valence-corrected chi connectivity index (χ0v) is 17.2. The maximum absolute atomic E-state index is 14.7. The molecule has 3 N–H and O–H groups in total. The number of amidine groups is 1. The molecule has 7 nitrogen and oxygen atoms in total. The van der Waals surface area contributed by atoms with Gasteiger partial charge in [-0.2, -0.15) is 0 Å². The molecule has 2 atom stereocenters. The molecule has 0 spiro atoms. The highest BCUT2D eigenvalue weighted by Crippen LogP contribution is 2.48. The third kappa shape index (κ3) is 2.78. The van der Waals surface area contributed by atoms with E-state index in [1.165, 1.54) is 12.1 Å². The fourth-order valence-electron chi connectivity index (χ4n) is 3.92. The summed E-state index contributed by atoms with van der Waals surface area (Å²) in [6.07, 6.45) is 0.0541. The van der Waals surface area contributed by atoms with Crippen LogP contribution < -0.4 is 10.0 Å². The zero-order valence-electron chi connectivity index (χ0n) is 14.7. The molecule has 1 aromatic heterocycles. The number of carboxylic acid groups (broad SMARTS) is 1. The van der Waals surface area contributed by atoms with Gasteiger partial charge in [-0.15, -0.1) is 0 Å². The number of nitrogens with one attached hydrogen (secondary N) is 2. The second-order valence-corrected chi connectivity index (χ2v) is 11.5. The van der Waals surface area contributed by atoms with Crippen LogP contribution in [0, 0.1) is 5.82 Å². The van der Waals surface area contributed by atoms with Crippen LogP contribution in [0.5, 0.6) is 0 Å². The second kappa shape index (κ2) is 6.35. The monoisotopic (exact) mass is 448 g/mol. The Kier molecular flexibility index (Phi) is 4.73. The van der Waals surface area contributed by atoms with E-state index in [2.05, 4.69) is 35.9 Å². The number of rotatable bonds is 1. The molecule has 0 aromatic carbocycles. The first kappa shape index (κ1) is 19.4. The van der Waals surface area contributed by atoms with Gasteiger partial charge in [-0.25, -0.2) is 14.2 Å². The van der Waals surface area contributed by atoms with E-state index in [-0.39, 0.29) is 11.5 Å². The zero-order chi connectivity index (χ0) is 19.3. The van der Waals surface area contributed by atoms with Gasteiger partial charge < -0.3 is 5.11 Å². The van der Waals surface area contributed by atoms with Crippen molar-refractivity contribution in [3.8, 4) is 0 Å². The highest BCUT2D eigenvalue weighted by atomic mass is 79.9. The number of thiol groups is 1. The summed E-state index contributed by atoms with van der Waals surface area (Å²) in [6.45, 7) is 5.65. The molecule has 26 heavy (non-hydrogen) atoms. The molecule has 1 saturated heterocycles. The molecule has 0 unspecified atom stereocenters. The van der Waals surface area contributed by atoms with E-state index in [0.717, 1.165) is 6.42 Å². The minimum Gasteiger partial charge on any atom is -0.465 e. The van der Waals surface area contributed by atoms with E-state index < -0.39 is 37.6 Å². The van der Waals surface area contributed by atoms with Crippen LogP contribution in [0.1, 0.15) is 39.3 Å². The molecule has 1 fully saturated rings. The van der Waals surface area contributed by atoms with Crippen LogP contribution in [-0.4, -0.2) is 42.8 Å². The van der Waals surface area contributed by atoms with Gasteiger partial charge in [-0.05, 0) is 71.8 Å². The summed E-state index contributed by atoms with van der Waals surface area (Å²) in [5.74, 6) is -0.506. The van der Waals surface area contributed by atoms with Gasteiger partial charge >= 0.3 is 6.09 Å². The number of amides is 1. The minimum absolute atomic E-state index is 0.0565. The van der Waals surface area contributed by atoms with E-state index in [4.69, 9.17) is 0 Å². The maximum Gasteiger partial charge on any atom is 0.410 e. The summed E-state index contributed by atoms with van der Waals surface area (Å²) >= 11 is 3.25. The Labute approximate surface area is 160 Å². The lowest BCUT2D eigenvalue weighted by molar-refractivity contribution is 0.199. The summed E-state index contributed by atoms with van der Waals surface area (Å²) in [5.41, 5.74) is -1.20. The van der Waals surface area contributed by atoms with Crippen molar-refractivity contribution in [1.29, 1.82) is 0 Å². The summed E-state index contributed by atoms with van der Waals surface area (Å²) in [5, 5.41) is 11.0. The smallest absolute Gasteiger partial charge is 0.410 e. The molecule has 1 aromatic rings. The predicted molar refractivity (Wildman–Crippen MR) is 102 cm³/mol. The normalized spacial score (nSPS) is 30.7. The van der Waals surface area contributed by atoms with Crippen LogP contribution in [0.25, 0.3) is 0 Å². The molecule has 0 radical (unpaired) electrons. The number of aliphatic imine (C=N–C) groups is 1. The SMILES string of the molecule is CC1(C)C(NC(=O)O)=N[C@](C)(c2nc(Br)ccc2F)[C@H]2CCCN[SH]21=O. The standard InChI is InChI=1S/C16H22BrFN4O3S/c1-15(2)13(21-14(23)24)22-16(3,10-5-4-8-19-26(10,15)25)12-9(18)6-7-11(17)20-12/h6-7,10,26H,4-5,8H2,1-3H3,(H,19,25)(H,21,22)(H,23,24)/t10-,16+/m1/s1. The van der Waals surface area contributed by atoms with E-state index in [0.29, 0.717) is 17.6 Å². The Morgan fingerprint density at radius 1 is 1.46 bits per heavy atom. The fraction of sp³-hybridized carbons (Fsp3) is 0.562. The lowest BCUT2D eigenvalue weighted by atomic mass is 9.89. The summed E-state index contributed by atoms with van der Waals surface area (Å²) in [4.78, 5) is 20.1. The van der Waals surface area contributed by atoms with Crippen LogP contribution in [0.15, 0.2) is 21.7 Å². The number of hydrogen-bond acceptors (Lipinski definition) is 4. The molecular weight excluding hydrogens is 427 g/mol. The average molecular weight is 449 g/mol. The van der Waals surface area contributed by atoms with Gasteiger partial charge in [-0.1, -0.05) is 0 Å². The minimum atomic E-state index is -3.18. The van der Waals surface area contributed by atoms with Crippen molar-refractivity contribution in [2.75, 3.05) is 6.54 Å². The van der Waals surface area contributed by atoms with E-state index in [1.54, 1.807) is 20.8 Å². The lowest BCUT2D eigenvalue weighted by Crippen LogP contribution is -2.70. The van der Waals surface area contributed by atoms with Crippen molar-refractivity contribution in [2.24, 2.45) is 4.99 Å². The number of hydrogen-bond donors (Lipinski definition) is 4. The van der Waals surface area contributed by atoms with E-state index in [1.807, 2.05) is 0 Å². The third-order valence-electron chi connectivity index (χ3n) is 5.36. The molecule has 0 bridgehead atoms. The molecule has 2 aliphatic heterocycles. The number of carbonyl (C=O) groups is 1. The van der Waals surface area contributed by atoms with E-state index in [9.17, 15) is 18.5 Å². The maximum atomic E-state index is 14.7. The molecule has 10 heteroatoms. The number of aromatic nitrogens is 1. The molecule has 0 aliphatic carbocycles. The van der Waals surface area contributed by atoms with Crippen LogP contribution >= 0.6 is 15.9 Å². The molecule has 3 rings (SSSR count). The predicted octanol–water partition coefficient (Wildman–Crippen LogP) is 2.34. The fourth-order valence-corrected chi connectivity index (χ4v) is 7.97. The second-order valence-electron chi connectivity index (χ2n) is 7.29. The van der Waals surface area contributed by atoms with Gasteiger partial charge in [0.05, 0.1) is 10.00 Å². The Bertz CT molecular complexity index is 847. The topological polar surface area (TPSA) is 104 Å². The average Bonchev–Trinajstić information content (AvgIpc) is 2.55. The lowest BCUT2D eigenvalue weighted by Gasteiger charge is -2.56. The van der Waals surface area contributed by atoms with Gasteiger partial charge in [0.25, 0.3) is 0 Å². The highest BCUT2D eigenvalue weighted by Gasteiger charge is 2.58. The van der Waals surface area contributed by atoms with Crippen molar-refractivity contribution in [2.45, 2.75) is 49.1 Å². The number of fused-ring (bicyclic) bond motifs is 1. The molecular formula is C16H22BrFN4O3S. The van der Waals surface area contributed by atoms with E-state index >= 15 is 0 Å². The number of pyridine rings is 1. The molecule has 3 heterocycles. The van der Waals surface area contributed by atoms with Crippen molar-refractivity contribution >= 4 is 38.0 Å². The summed E-state index contributed by atoms with van der Waals surface area (Å²) < 4.78 is 31.3. The Morgan fingerprint density at radius 2 is 2.15 bits per heavy atom. The van der Waals surface area contributed by atoms with Gasteiger partial charge in [0.15, 0.2) is 0 Å². The van der Waals surface area contributed by atoms with Crippen LogP contribution in [0.4, 0.5) is 9.18 Å². The van der Waals surface area contributed by atoms with Gasteiger partial charge in [0, 0.05) is 6.54 Å². The van der Waals surface area contributed by atoms with Crippen LogP contribution in [0.2, 0.25) is 0 Å².